The lowest BCUT2D eigenvalue weighted by Gasteiger charge is -2.18. The first-order valence-electron chi connectivity index (χ1n) is 10.2. The van der Waals surface area contributed by atoms with Crippen molar-refractivity contribution in [3.8, 4) is 0 Å². The summed E-state index contributed by atoms with van der Waals surface area (Å²) in [5.41, 5.74) is 4.43. The molecule has 0 atom stereocenters. The molecule has 3 aromatic rings. The number of aryl methyl sites for hydroxylation is 1. The van der Waals surface area contributed by atoms with E-state index in [9.17, 15) is 13.2 Å². The molecular formula is C24H23ClN2O3S. The minimum Gasteiger partial charge on any atom is -0.308 e. The number of fused-ring (bicyclic) bond motifs is 1. The number of benzene rings is 3. The van der Waals surface area contributed by atoms with Crippen molar-refractivity contribution in [3.05, 3.63) is 94.0 Å². The fraction of sp³-hybridized carbons (Fsp3) is 0.208. The maximum atomic E-state index is 12.9. The van der Waals surface area contributed by atoms with Gasteiger partial charge >= 0.3 is 0 Å². The normalized spacial score (nSPS) is 13.3. The van der Waals surface area contributed by atoms with E-state index in [0.717, 1.165) is 35.2 Å². The number of carbonyl (C=O) groups excluding carboxylic acids is 1. The first kappa shape index (κ1) is 21.6. The second-order valence-electron chi connectivity index (χ2n) is 7.50. The molecule has 0 spiro atoms. The number of hydrogen-bond acceptors (Lipinski definition) is 3. The molecule has 31 heavy (non-hydrogen) atoms. The van der Waals surface area contributed by atoms with Crippen LogP contribution in [0.1, 0.15) is 34.0 Å². The van der Waals surface area contributed by atoms with Crippen molar-refractivity contribution in [2.45, 2.75) is 31.2 Å². The molecule has 0 radical (unpaired) electrons. The maximum absolute atomic E-state index is 12.9. The van der Waals surface area contributed by atoms with E-state index >= 15 is 0 Å². The highest BCUT2D eigenvalue weighted by molar-refractivity contribution is 7.89. The van der Waals surface area contributed by atoms with Gasteiger partial charge in [-0.1, -0.05) is 42.8 Å². The van der Waals surface area contributed by atoms with E-state index in [2.05, 4.69) is 4.72 Å². The number of nitrogens with zero attached hydrogens (tertiary/aromatic N) is 1. The van der Waals surface area contributed by atoms with Gasteiger partial charge < -0.3 is 4.90 Å². The Bertz CT molecular complexity index is 1210. The first-order valence-corrected chi connectivity index (χ1v) is 12.0. The van der Waals surface area contributed by atoms with Crippen molar-refractivity contribution in [2.24, 2.45) is 0 Å². The van der Waals surface area contributed by atoms with Crippen molar-refractivity contribution in [2.75, 3.05) is 11.4 Å². The fourth-order valence-electron chi connectivity index (χ4n) is 3.69. The van der Waals surface area contributed by atoms with Crippen LogP contribution in [0.15, 0.2) is 71.6 Å². The zero-order valence-corrected chi connectivity index (χ0v) is 18.7. The minimum absolute atomic E-state index is 0.0700. The predicted molar refractivity (Wildman–Crippen MR) is 123 cm³/mol. The molecule has 160 valence electrons. The quantitative estimate of drug-likeness (QED) is 0.592. The van der Waals surface area contributed by atoms with Crippen LogP contribution in [-0.4, -0.2) is 20.9 Å². The molecule has 4 rings (SSSR count). The summed E-state index contributed by atoms with van der Waals surface area (Å²) in [6, 6.07) is 19.5. The zero-order chi connectivity index (χ0) is 22.0. The van der Waals surface area contributed by atoms with Crippen LogP contribution in [0.2, 0.25) is 5.02 Å². The van der Waals surface area contributed by atoms with Gasteiger partial charge in [-0.25, -0.2) is 13.1 Å². The summed E-state index contributed by atoms with van der Waals surface area (Å²) < 4.78 is 27.8. The topological polar surface area (TPSA) is 66.5 Å². The second-order valence-corrected chi connectivity index (χ2v) is 9.70. The van der Waals surface area contributed by atoms with E-state index in [4.69, 9.17) is 11.6 Å². The SMILES string of the molecule is CCc1ccc(S(=O)(=O)NCc2ccc3c(c2)CCN3C(=O)c2ccc(Cl)cc2)cc1. The number of sulfonamides is 1. The van der Waals surface area contributed by atoms with Crippen molar-refractivity contribution >= 4 is 33.2 Å². The lowest BCUT2D eigenvalue weighted by atomic mass is 10.1. The van der Waals surface area contributed by atoms with Crippen LogP contribution >= 0.6 is 11.6 Å². The Morgan fingerprint density at radius 1 is 1.00 bits per heavy atom. The zero-order valence-electron chi connectivity index (χ0n) is 17.1. The summed E-state index contributed by atoms with van der Waals surface area (Å²) in [5.74, 6) is -0.0700. The van der Waals surface area contributed by atoms with Crippen LogP contribution in [0.5, 0.6) is 0 Å². The van der Waals surface area contributed by atoms with Crippen LogP contribution in [0.3, 0.4) is 0 Å². The summed E-state index contributed by atoms with van der Waals surface area (Å²) in [5, 5.41) is 0.590. The summed E-state index contributed by atoms with van der Waals surface area (Å²) in [6.07, 6.45) is 1.59. The molecule has 3 aromatic carbocycles. The average Bonchev–Trinajstić information content (AvgIpc) is 3.21. The molecule has 0 saturated carbocycles. The van der Waals surface area contributed by atoms with E-state index in [1.54, 1.807) is 41.3 Å². The van der Waals surface area contributed by atoms with Gasteiger partial charge in [-0.05, 0) is 72.0 Å². The van der Waals surface area contributed by atoms with Crippen molar-refractivity contribution in [1.29, 1.82) is 0 Å². The lowest BCUT2D eigenvalue weighted by Crippen LogP contribution is -2.28. The number of carbonyl (C=O) groups is 1. The maximum Gasteiger partial charge on any atom is 0.258 e. The van der Waals surface area contributed by atoms with Crippen LogP contribution in [0, 0.1) is 0 Å². The lowest BCUT2D eigenvalue weighted by molar-refractivity contribution is 0.0989. The molecule has 0 aromatic heterocycles. The van der Waals surface area contributed by atoms with Gasteiger partial charge in [0.2, 0.25) is 10.0 Å². The van der Waals surface area contributed by atoms with E-state index < -0.39 is 10.0 Å². The Kier molecular flexibility index (Phi) is 6.14. The molecule has 5 nitrogen and oxygen atoms in total. The number of anilines is 1. The summed E-state index contributed by atoms with van der Waals surface area (Å²) in [7, 11) is -3.59. The molecule has 1 N–H and O–H groups in total. The third kappa shape index (κ3) is 4.66. The van der Waals surface area contributed by atoms with Gasteiger partial charge in [0, 0.05) is 29.4 Å². The van der Waals surface area contributed by atoms with Gasteiger partial charge in [0.15, 0.2) is 0 Å². The van der Waals surface area contributed by atoms with Gasteiger partial charge in [0.1, 0.15) is 0 Å². The van der Waals surface area contributed by atoms with Crippen molar-refractivity contribution in [1.82, 2.24) is 4.72 Å². The average molecular weight is 455 g/mol. The molecule has 1 heterocycles. The Morgan fingerprint density at radius 3 is 2.35 bits per heavy atom. The van der Waals surface area contributed by atoms with Gasteiger partial charge in [0.05, 0.1) is 4.90 Å². The molecule has 0 unspecified atom stereocenters. The van der Waals surface area contributed by atoms with Crippen LogP contribution in [-0.2, 0) is 29.4 Å². The van der Waals surface area contributed by atoms with E-state index in [-0.39, 0.29) is 17.3 Å². The third-order valence-corrected chi connectivity index (χ3v) is 7.15. The third-order valence-electron chi connectivity index (χ3n) is 5.48. The highest BCUT2D eigenvalue weighted by Crippen LogP contribution is 2.30. The summed E-state index contributed by atoms with van der Waals surface area (Å²) in [6.45, 7) is 2.81. The standard InChI is InChI=1S/C24H23ClN2O3S/c1-2-17-3-10-22(11-4-17)31(29,30)26-16-18-5-12-23-20(15-18)13-14-27(23)24(28)19-6-8-21(25)9-7-19/h3-12,15,26H,2,13-14,16H2,1H3. The highest BCUT2D eigenvalue weighted by atomic mass is 35.5. The van der Waals surface area contributed by atoms with E-state index in [1.165, 1.54) is 0 Å². The Morgan fingerprint density at radius 2 is 1.68 bits per heavy atom. The van der Waals surface area contributed by atoms with Gasteiger partial charge in [0.25, 0.3) is 5.91 Å². The smallest absolute Gasteiger partial charge is 0.258 e. The molecule has 1 aliphatic heterocycles. The Balaban J connectivity index is 1.46. The number of amides is 1. The molecule has 1 amide bonds. The van der Waals surface area contributed by atoms with Crippen LogP contribution in [0.25, 0.3) is 0 Å². The van der Waals surface area contributed by atoms with Gasteiger partial charge in [-0.2, -0.15) is 0 Å². The molecule has 0 bridgehead atoms. The van der Waals surface area contributed by atoms with Crippen LogP contribution in [0.4, 0.5) is 5.69 Å². The molecule has 0 aliphatic carbocycles. The predicted octanol–water partition coefficient (Wildman–Crippen LogP) is 4.58. The highest BCUT2D eigenvalue weighted by Gasteiger charge is 2.26. The van der Waals surface area contributed by atoms with E-state index in [1.807, 2.05) is 37.3 Å². The Labute approximate surface area is 187 Å². The Hall–Kier alpha value is -2.67. The fourth-order valence-corrected chi connectivity index (χ4v) is 4.83. The largest absolute Gasteiger partial charge is 0.308 e. The first-order chi connectivity index (χ1) is 14.9. The van der Waals surface area contributed by atoms with E-state index in [0.29, 0.717) is 17.1 Å². The molecule has 1 aliphatic rings. The van der Waals surface area contributed by atoms with Crippen molar-refractivity contribution < 1.29 is 13.2 Å². The van der Waals surface area contributed by atoms with Gasteiger partial charge in [-0.15, -0.1) is 0 Å². The summed E-state index contributed by atoms with van der Waals surface area (Å²) >= 11 is 5.92. The number of nitrogens with one attached hydrogen (secondary N) is 1. The molecular weight excluding hydrogens is 432 g/mol. The van der Waals surface area contributed by atoms with Crippen LogP contribution < -0.4 is 9.62 Å². The van der Waals surface area contributed by atoms with Gasteiger partial charge in [-0.3, -0.25) is 4.79 Å². The molecule has 0 saturated heterocycles. The second kappa shape index (κ2) is 8.83. The monoisotopic (exact) mass is 454 g/mol. The number of rotatable bonds is 6. The minimum atomic E-state index is -3.59. The molecule has 7 heteroatoms. The number of halogens is 1. The summed E-state index contributed by atoms with van der Waals surface area (Å²) in [4.78, 5) is 14.9. The van der Waals surface area contributed by atoms with Crippen molar-refractivity contribution in [3.63, 3.8) is 0 Å². The molecule has 0 fully saturated rings. The number of hydrogen-bond donors (Lipinski definition) is 1.